The third-order valence-corrected chi connectivity index (χ3v) is 4.31. The van der Waals surface area contributed by atoms with Crippen LogP contribution in [0.1, 0.15) is 28.4 Å². The number of carbonyl (C=O) groups is 3. The summed E-state index contributed by atoms with van der Waals surface area (Å²) in [6.45, 7) is 2.03. The molecule has 7 nitrogen and oxygen atoms in total. The van der Waals surface area contributed by atoms with Gasteiger partial charge in [0.1, 0.15) is 5.75 Å². The fourth-order valence-electron chi connectivity index (χ4n) is 2.59. The van der Waals surface area contributed by atoms with Gasteiger partial charge in [-0.3, -0.25) is 9.59 Å². The van der Waals surface area contributed by atoms with Crippen molar-refractivity contribution in [2.75, 3.05) is 5.32 Å². The number of amides is 2. The highest BCUT2D eigenvalue weighted by Crippen LogP contribution is 2.14. The summed E-state index contributed by atoms with van der Waals surface area (Å²) in [6, 6.07) is 22.4. The molecule has 0 aliphatic heterocycles. The van der Waals surface area contributed by atoms with E-state index in [4.69, 9.17) is 4.74 Å². The molecule has 0 atom stereocenters. The molecule has 0 fully saturated rings. The summed E-state index contributed by atoms with van der Waals surface area (Å²) < 4.78 is 5.29. The van der Waals surface area contributed by atoms with Crippen LogP contribution in [0.25, 0.3) is 0 Å². The number of nitrogens with zero attached hydrogens (tertiary/aromatic N) is 1. The molecule has 0 heterocycles. The minimum Gasteiger partial charge on any atom is -0.423 e. The van der Waals surface area contributed by atoms with Gasteiger partial charge >= 0.3 is 17.8 Å². The van der Waals surface area contributed by atoms with E-state index < -0.39 is 17.8 Å². The Labute approximate surface area is 179 Å². The van der Waals surface area contributed by atoms with E-state index in [0.29, 0.717) is 22.6 Å². The van der Waals surface area contributed by atoms with Crippen LogP contribution in [0.15, 0.2) is 84.0 Å². The normalized spacial score (nSPS) is 10.5. The number of carbonyl (C=O) groups excluding carboxylic acids is 3. The molecule has 0 spiro atoms. The highest BCUT2D eigenvalue weighted by molar-refractivity contribution is 6.39. The predicted molar refractivity (Wildman–Crippen MR) is 118 cm³/mol. The molecule has 0 saturated heterocycles. The fraction of sp³-hybridized carbons (Fsp3) is 0.0833. The summed E-state index contributed by atoms with van der Waals surface area (Å²) in [5.74, 6) is -1.78. The van der Waals surface area contributed by atoms with Gasteiger partial charge in [-0.25, -0.2) is 10.2 Å². The first-order valence-electron chi connectivity index (χ1n) is 9.66. The Kier molecular flexibility index (Phi) is 7.26. The number of hydrogen-bond acceptors (Lipinski definition) is 5. The SMILES string of the molecule is CCc1ccc(NC(=O)C(=O)NN=Cc2ccc(OC(=O)c3ccccc3)cc2)cc1. The van der Waals surface area contributed by atoms with Gasteiger partial charge in [-0.1, -0.05) is 37.3 Å². The number of rotatable bonds is 6. The Morgan fingerprint density at radius 1 is 0.871 bits per heavy atom. The van der Waals surface area contributed by atoms with Crippen molar-refractivity contribution in [2.24, 2.45) is 5.10 Å². The molecular formula is C24H21N3O4. The van der Waals surface area contributed by atoms with Gasteiger partial charge in [0.25, 0.3) is 0 Å². The zero-order valence-electron chi connectivity index (χ0n) is 16.9. The number of aryl methyl sites for hydroxylation is 1. The van der Waals surface area contributed by atoms with E-state index >= 15 is 0 Å². The number of esters is 1. The molecule has 3 aromatic carbocycles. The largest absolute Gasteiger partial charge is 0.423 e. The number of hydrazone groups is 1. The average molecular weight is 415 g/mol. The molecule has 3 aromatic rings. The number of nitrogens with one attached hydrogen (secondary N) is 2. The van der Waals surface area contributed by atoms with Gasteiger partial charge in [-0.05, 0) is 66.1 Å². The summed E-state index contributed by atoms with van der Waals surface area (Å²) >= 11 is 0. The third-order valence-electron chi connectivity index (χ3n) is 4.31. The van der Waals surface area contributed by atoms with E-state index in [1.807, 2.05) is 25.1 Å². The minimum atomic E-state index is -0.885. The van der Waals surface area contributed by atoms with Crippen LogP contribution in [0.4, 0.5) is 5.69 Å². The van der Waals surface area contributed by atoms with Crippen LogP contribution in [0, 0.1) is 0 Å². The van der Waals surface area contributed by atoms with Crippen molar-refractivity contribution in [1.29, 1.82) is 0 Å². The van der Waals surface area contributed by atoms with Crippen molar-refractivity contribution in [3.8, 4) is 5.75 Å². The Morgan fingerprint density at radius 3 is 2.19 bits per heavy atom. The van der Waals surface area contributed by atoms with Crippen LogP contribution < -0.4 is 15.5 Å². The standard InChI is InChI=1S/C24H21N3O4/c1-2-17-8-12-20(13-9-17)26-22(28)23(29)27-25-16-18-10-14-21(15-11-18)31-24(30)19-6-4-3-5-7-19/h3-16H,2H2,1H3,(H,26,28)(H,27,29). The van der Waals surface area contributed by atoms with Crippen LogP contribution in [0.3, 0.4) is 0 Å². The van der Waals surface area contributed by atoms with Crippen molar-refractivity contribution in [3.05, 3.63) is 95.6 Å². The molecule has 0 saturated carbocycles. The second-order valence-corrected chi connectivity index (χ2v) is 6.53. The van der Waals surface area contributed by atoms with E-state index in [-0.39, 0.29) is 0 Å². The lowest BCUT2D eigenvalue weighted by molar-refractivity contribution is -0.136. The first-order valence-corrected chi connectivity index (χ1v) is 9.66. The lowest BCUT2D eigenvalue weighted by Gasteiger charge is -2.05. The molecule has 0 unspecified atom stereocenters. The number of ether oxygens (including phenoxy) is 1. The van der Waals surface area contributed by atoms with Gasteiger partial charge in [0.15, 0.2) is 0 Å². The van der Waals surface area contributed by atoms with E-state index in [2.05, 4.69) is 15.8 Å². The monoisotopic (exact) mass is 415 g/mol. The van der Waals surface area contributed by atoms with Gasteiger partial charge in [0.05, 0.1) is 11.8 Å². The van der Waals surface area contributed by atoms with Crippen molar-refractivity contribution < 1.29 is 19.1 Å². The maximum Gasteiger partial charge on any atom is 0.343 e. The van der Waals surface area contributed by atoms with Gasteiger partial charge < -0.3 is 10.1 Å². The highest BCUT2D eigenvalue weighted by atomic mass is 16.5. The second-order valence-electron chi connectivity index (χ2n) is 6.53. The average Bonchev–Trinajstić information content (AvgIpc) is 2.81. The van der Waals surface area contributed by atoms with Crippen molar-refractivity contribution >= 4 is 29.7 Å². The van der Waals surface area contributed by atoms with Crippen LogP contribution in [0.5, 0.6) is 5.75 Å². The van der Waals surface area contributed by atoms with Crippen molar-refractivity contribution in [1.82, 2.24) is 5.43 Å². The fourth-order valence-corrected chi connectivity index (χ4v) is 2.59. The van der Waals surface area contributed by atoms with E-state index in [9.17, 15) is 14.4 Å². The topological polar surface area (TPSA) is 96.9 Å². The first kappa shape index (κ1) is 21.4. The molecule has 2 amide bonds. The molecule has 156 valence electrons. The van der Waals surface area contributed by atoms with E-state index in [0.717, 1.165) is 12.0 Å². The number of benzene rings is 3. The Hall–Kier alpha value is -4.26. The van der Waals surface area contributed by atoms with Crippen LogP contribution >= 0.6 is 0 Å². The molecule has 0 aliphatic carbocycles. The summed E-state index contributed by atoms with van der Waals surface area (Å²) in [4.78, 5) is 35.8. The Morgan fingerprint density at radius 2 is 1.55 bits per heavy atom. The van der Waals surface area contributed by atoms with Gasteiger partial charge in [-0.2, -0.15) is 5.10 Å². The Bertz CT molecular complexity index is 1080. The molecule has 0 radical (unpaired) electrons. The summed E-state index contributed by atoms with van der Waals surface area (Å²) in [5, 5.41) is 6.28. The summed E-state index contributed by atoms with van der Waals surface area (Å²) in [6.07, 6.45) is 2.27. The first-order chi connectivity index (χ1) is 15.0. The Balaban J connectivity index is 1.49. The van der Waals surface area contributed by atoms with Crippen molar-refractivity contribution in [3.63, 3.8) is 0 Å². The molecule has 0 bridgehead atoms. The zero-order chi connectivity index (χ0) is 22.1. The lowest BCUT2D eigenvalue weighted by Crippen LogP contribution is -2.32. The van der Waals surface area contributed by atoms with Gasteiger partial charge in [-0.15, -0.1) is 0 Å². The minimum absolute atomic E-state index is 0.378. The van der Waals surface area contributed by atoms with Gasteiger partial charge in [0, 0.05) is 5.69 Å². The lowest BCUT2D eigenvalue weighted by atomic mass is 10.1. The third kappa shape index (κ3) is 6.37. The predicted octanol–water partition coefficient (Wildman–Crippen LogP) is 3.56. The van der Waals surface area contributed by atoms with E-state index in [1.54, 1.807) is 60.7 Å². The number of anilines is 1. The molecule has 0 aliphatic rings. The quantitative estimate of drug-likeness (QED) is 0.212. The maximum absolute atomic E-state index is 12.0. The molecule has 31 heavy (non-hydrogen) atoms. The highest BCUT2D eigenvalue weighted by Gasteiger charge is 2.12. The second kappa shape index (κ2) is 10.5. The molecule has 7 heteroatoms. The maximum atomic E-state index is 12.0. The molecule has 0 aromatic heterocycles. The summed E-state index contributed by atoms with van der Waals surface area (Å²) in [5.41, 5.74) is 4.94. The van der Waals surface area contributed by atoms with Gasteiger partial charge in [0.2, 0.25) is 0 Å². The summed E-state index contributed by atoms with van der Waals surface area (Å²) in [7, 11) is 0. The smallest absolute Gasteiger partial charge is 0.343 e. The molecule has 2 N–H and O–H groups in total. The van der Waals surface area contributed by atoms with Crippen LogP contribution in [-0.2, 0) is 16.0 Å². The van der Waals surface area contributed by atoms with Crippen LogP contribution in [0.2, 0.25) is 0 Å². The molecular weight excluding hydrogens is 394 g/mol. The van der Waals surface area contributed by atoms with Crippen LogP contribution in [-0.4, -0.2) is 24.0 Å². The number of hydrogen-bond donors (Lipinski definition) is 2. The van der Waals surface area contributed by atoms with Crippen molar-refractivity contribution in [2.45, 2.75) is 13.3 Å². The molecule has 3 rings (SSSR count). The zero-order valence-corrected chi connectivity index (χ0v) is 16.9. The van der Waals surface area contributed by atoms with E-state index in [1.165, 1.54) is 6.21 Å².